The molecule has 0 saturated carbocycles. The Balaban J connectivity index is 1.96. The molecule has 1 aliphatic rings. The van der Waals surface area contributed by atoms with E-state index in [2.05, 4.69) is 47.6 Å². The van der Waals surface area contributed by atoms with Crippen molar-refractivity contribution >= 4 is 29.2 Å². The molecule has 0 aliphatic carbocycles. The summed E-state index contributed by atoms with van der Waals surface area (Å²) in [6.45, 7) is 0. The molecule has 1 atom stereocenters. The van der Waals surface area contributed by atoms with E-state index in [-0.39, 0.29) is 0 Å². The maximum atomic E-state index is 3.62. The smallest absolute Gasteiger partial charge is 0.0353 e. The Morgan fingerprint density at radius 3 is 3.13 bits per heavy atom. The zero-order valence-corrected chi connectivity index (χ0v) is 10.7. The summed E-state index contributed by atoms with van der Waals surface area (Å²) in [7, 11) is 0. The van der Waals surface area contributed by atoms with Gasteiger partial charge in [-0.05, 0) is 43.0 Å². The van der Waals surface area contributed by atoms with Crippen molar-refractivity contribution < 1.29 is 0 Å². The van der Waals surface area contributed by atoms with Crippen molar-refractivity contribution in [1.29, 1.82) is 0 Å². The lowest BCUT2D eigenvalue weighted by Crippen LogP contribution is -2.25. The van der Waals surface area contributed by atoms with Crippen molar-refractivity contribution in [3.8, 4) is 0 Å². The molecule has 1 N–H and O–H groups in total. The Kier molecular flexibility index (Phi) is 4.27. The van der Waals surface area contributed by atoms with E-state index in [0.717, 1.165) is 0 Å². The first kappa shape index (κ1) is 11.2. The maximum Gasteiger partial charge on any atom is 0.0353 e. The average Bonchev–Trinajstić information content (AvgIpc) is 2.31. The van der Waals surface area contributed by atoms with Crippen LogP contribution in [0.4, 0.5) is 5.69 Å². The highest BCUT2D eigenvalue weighted by atomic mass is 32.2. The van der Waals surface area contributed by atoms with Crippen LogP contribution in [0.25, 0.3) is 0 Å². The average molecular weight is 239 g/mol. The van der Waals surface area contributed by atoms with Gasteiger partial charge in [0.25, 0.3) is 0 Å². The highest BCUT2D eigenvalue weighted by Crippen LogP contribution is 2.23. The van der Waals surface area contributed by atoms with Crippen LogP contribution in [0.5, 0.6) is 0 Å². The summed E-state index contributed by atoms with van der Waals surface area (Å²) in [5, 5.41) is 3.62. The van der Waals surface area contributed by atoms with Gasteiger partial charge in [0.1, 0.15) is 0 Å². The first-order valence-electron chi connectivity index (χ1n) is 5.37. The molecule has 0 spiro atoms. The molecule has 1 unspecified atom stereocenters. The van der Waals surface area contributed by atoms with Crippen LogP contribution in [0.1, 0.15) is 12.8 Å². The van der Waals surface area contributed by atoms with Crippen molar-refractivity contribution in [1.82, 2.24) is 0 Å². The fourth-order valence-corrected chi connectivity index (χ4v) is 3.33. The van der Waals surface area contributed by atoms with Crippen molar-refractivity contribution in [2.24, 2.45) is 0 Å². The van der Waals surface area contributed by atoms with Crippen LogP contribution in [0.15, 0.2) is 29.2 Å². The zero-order chi connectivity index (χ0) is 10.5. The van der Waals surface area contributed by atoms with Gasteiger partial charge in [-0.2, -0.15) is 11.8 Å². The lowest BCUT2D eigenvalue weighted by Gasteiger charge is -2.23. The Morgan fingerprint density at radius 1 is 1.47 bits per heavy atom. The number of thioether (sulfide) groups is 2. The molecule has 0 radical (unpaired) electrons. The Bertz CT molecular complexity index is 308. The molecule has 1 fully saturated rings. The number of benzene rings is 1. The molecule has 3 heteroatoms. The molecule has 0 amide bonds. The van der Waals surface area contributed by atoms with Gasteiger partial charge >= 0.3 is 0 Å². The summed E-state index contributed by atoms with van der Waals surface area (Å²) >= 11 is 3.86. The molecule has 1 aliphatic heterocycles. The van der Waals surface area contributed by atoms with Crippen LogP contribution >= 0.6 is 23.5 Å². The summed E-state index contributed by atoms with van der Waals surface area (Å²) in [6, 6.07) is 9.36. The minimum Gasteiger partial charge on any atom is -0.381 e. The SMILES string of the molecule is CSc1cccc(NC2CCCSC2)c1. The summed E-state index contributed by atoms with van der Waals surface area (Å²) in [5.74, 6) is 2.59. The fourth-order valence-electron chi connectivity index (χ4n) is 1.80. The van der Waals surface area contributed by atoms with Crippen LogP contribution in [0.3, 0.4) is 0 Å². The quantitative estimate of drug-likeness (QED) is 0.808. The highest BCUT2D eigenvalue weighted by Gasteiger charge is 2.12. The van der Waals surface area contributed by atoms with E-state index in [1.807, 2.05) is 0 Å². The molecule has 1 saturated heterocycles. The first-order valence-corrected chi connectivity index (χ1v) is 7.75. The molecule has 0 aromatic heterocycles. The summed E-state index contributed by atoms with van der Waals surface area (Å²) in [6.07, 6.45) is 4.79. The zero-order valence-electron chi connectivity index (χ0n) is 9.03. The van der Waals surface area contributed by atoms with Crippen LogP contribution in [0, 0.1) is 0 Å². The fraction of sp³-hybridized carbons (Fsp3) is 0.500. The molecule has 0 bridgehead atoms. The lowest BCUT2D eigenvalue weighted by atomic mass is 10.2. The van der Waals surface area contributed by atoms with Crippen LogP contribution in [-0.2, 0) is 0 Å². The van der Waals surface area contributed by atoms with Gasteiger partial charge in [0.05, 0.1) is 0 Å². The Morgan fingerprint density at radius 2 is 2.40 bits per heavy atom. The predicted octanol–water partition coefficient (Wildman–Crippen LogP) is 3.72. The second-order valence-corrected chi connectivity index (χ2v) is 5.82. The van der Waals surface area contributed by atoms with E-state index in [0.29, 0.717) is 6.04 Å². The van der Waals surface area contributed by atoms with Crippen LogP contribution in [0.2, 0.25) is 0 Å². The maximum absolute atomic E-state index is 3.62. The van der Waals surface area contributed by atoms with Gasteiger partial charge in [-0.3, -0.25) is 0 Å². The van der Waals surface area contributed by atoms with E-state index in [9.17, 15) is 0 Å². The van der Waals surface area contributed by atoms with Crippen molar-refractivity contribution in [3.63, 3.8) is 0 Å². The molecule has 2 rings (SSSR count). The van der Waals surface area contributed by atoms with E-state index in [1.165, 1.54) is 34.9 Å². The van der Waals surface area contributed by atoms with E-state index in [1.54, 1.807) is 11.8 Å². The predicted molar refractivity (Wildman–Crippen MR) is 72.2 cm³/mol. The molecular formula is C12H17NS2. The molecule has 1 aromatic rings. The van der Waals surface area contributed by atoms with Crippen molar-refractivity contribution in [3.05, 3.63) is 24.3 Å². The number of hydrogen-bond donors (Lipinski definition) is 1. The van der Waals surface area contributed by atoms with Gasteiger partial charge in [0.2, 0.25) is 0 Å². The monoisotopic (exact) mass is 239 g/mol. The minimum absolute atomic E-state index is 0.667. The summed E-state index contributed by atoms with van der Waals surface area (Å²) < 4.78 is 0. The van der Waals surface area contributed by atoms with E-state index < -0.39 is 0 Å². The topological polar surface area (TPSA) is 12.0 Å². The largest absolute Gasteiger partial charge is 0.381 e. The van der Waals surface area contributed by atoms with Crippen molar-refractivity contribution in [2.45, 2.75) is 23.8 Å². The number of rotatable bonds is 3. The minimum atomic E-state index is 0.667. The van der Waals surface area contributed by atoms with Gasteiger partial charge in [-0.1, -0.05) is 6.07 Å². The third-order valence-corrected chi connectivity index (χ3v) is 4.54. The molecular weight excluding hydrogens is 222 g/mol. The normalized spacial score (nSPS) is 21.3. The third-order valence-electron chi connectivity index (χ3n) is 2.60. The summed E-state index contributed by atoms with van der Waals surface area (Å²) in [5.41, 5.74) is 1.27. The van der Waals surface area contributed by atoms with Gasteiger partial charge in [0, 0.05) is 22.4 Å². The molecule has 1 heterocycles. The van der Waals surface area contributed by atoms with Crippen LogP contribution < -0.4 is 5.32 Å². The number of hydrogen-bond acceptors (Lipinski definition) is 3. The molecule has 1 aromatic carbocycles. The van der Waals surface area contributed by atoms with Crippen LogP contribution in [-0.4, -0.2) is 23.8 Å². The van der Waals surface area contributed by atoms with Gasteiger partial charge in [-0.25, -0.2) is 0 Å². The van der Waals surface area contributed by atoms with Gasteiger partial charge in [0.15, 0.2) is 0 Å². The second-order valence-electron chi connectivity index (χ2n) is 3.79. The van der Waals surface area contributed by atoms with Crippen molar-refractivity contribution in [2.75, 3.05) is 23.1 Å². The molecule has 82 valence electrons. The number of nitrogens with one attached hydrogen (secondary N) is 1. The standard InChI is InChI=1S/C12H17NS2/c1-14-12-6-2-4-10(8-12)13-11-5-3-7-15-9-11/h2,4,6,8,11,13H,3,5,7,9H2,1H3. The first-order chi connectivity index (χ1) is 7.38. The van der Waals surface area contributed by atoms with Gasteiger partial charge in [-0.15, -0.1) is 11.8 Å². The lowest BCUT2D eigenvalue weighted by molar-refractivity contribution is 0.685. The Hall–Kier alpha value is -0.280. The van der Waals surface area contributed by atoms with E-state index in [4.69, 9.17) is 0 Å². The van der Waals surface area contributed by atoms with Gasteiger partial charge < -0.3 is 5.32 Å². The third kappa shape index (κ3) is 3.35. The van der Waals surface area contributed by atoms with E-state index >= 15 is 0 Å². The Labute approximate surface area is 100 Å². The second kappa shape index (κ2) is 5.71. The molecule has 15 heavy (non-hydrogen) atoms. The number of anilines is 1. The highest BCUT2D eigenvalue weighted by molar-refractivity contribution is 7.99. The summed E-state index contributed by atoms with van der Waals surface area (Å²) in [4.78, 5) is 1.34. The molecule has 1 nitrogen and oxygen atoms in total.